The van der Waals surface area contributed by atoms with Crippen LogP contribution in [-0.2, 0) is 4.79 Å². The number of primary amides is 1. The van der Waals surface area contributed by atoms with Gasteiger partial charge in [0, 0.05) is 16.2 Å². The maximum absolute atomic E-state index is 12.3. The molecule has 0 bridgehead atoms. The number of anilines is 1. The molecule has 2 amide bonds. The van der Waals surface area contributed by atoms with Crippen LogP contribution in [0.25, 0.3) is 10.4 Å². The van der Waals surface area contributed by atoms with Gasteiger partial charge in [-0.3, -0.25) is 9.59 Å². The lowest BCUT2D eigenvalue weighted by Gasteiger charge is -2.05. The highest BCUT2D eigenvalue weighted by molar-refractivity contribution is 7.99. The Morgan fingerprint density at radius 1 is 1.07 bits per heavy atom. The molecule has 0 aliphatic heterocycles. The van der Waals surface area contributed by atoms with E-state index in [-0.39, 0.29) is 5.91 Å². The lowest BCUT2D eigenvalue weighted by Crippen LogP contribution is -2.16. The van der Waals surface area contributed by atoms with Crippen LogP contribution in [0.4, 0.5) is 5.00 Å². The number of nitrogens with two attached hydrogens (primary N) is 1. The summed E-state index contributed by atoms with van der Waals surface area (Å²) in [4.78, 5) is 26.2. The van der Waals surface area contributed by atoms with Gasteiger partial charge in [-0.15, -0.1) is 23.1 Å². The molecule has 1 heterocycles. The molecule has 0 aliphatic carbocycles. The number of thiophene rings is 1. The van der Waals surface area contributed by atoms with E-state index < -0.39 is 5.91 Å². The zero-order valence-corrected chi connectivity index (χ0v) is 17.2. The molecule has 144 valence electrons. The van der Waals surface area contributed by atoms with Gasteiger partial charge in [0.2, 0.25) is 5.91 Å². The van der Waals surface area contributed by atoms with E-state index in [9.17, 15) is 9.59 Å². The SMILES string of the molecule is Cc1ccc(SCCCC(=O)Nc2sc(-c3ccccc3)cc2C(N)=O)cc1. The first-order valence-electron chi connectivity index (χ1n) is 9.01. The molecule has 0 unspecified atom stereocenters. The van der Waals surface area contributed by atoms with Gasteiger partial charge >= 0.3 is 0 Å². The van der Waals surface area contributed by atoms with E-state index in [0.717, 1.165) is 22.6 Å². The fourth-order valence-corrected chi connectivity index (χ4v) is 4.60. The van der Waals surface area contributed by atoms with Crippen molar-refractivity contribution in [1.29, 1.82) is 0 Å². The summed E-state index contributed by atoms with van der Waals surface area (Å²) >= 11 is 3.10. The maximum Gasteiger partial charge on any atom is 0.251 e. The van der Waals surface area contributed by atoms with Crippen molar-refractivity contribution in [2.45, 2.75) is 24.7 Å². The lowest BCUT2D eigenvalue weighted by atomic mass is 10.1. The second-order valence-corrected chi connectivity index (χ2v) is 8.62. The Morgan fingerprint density at radius 2 is 1.79 bits per heavy atom. The van der Waals surface area contributed by atoms with Crippen LogP contribution >= 0.6 is 23.1 Å². The van der Waals surface area contributed by atoms with Gasteiger partial charge in [0.15, 0.2) is 0 Å². The van der Waals surface area contributed by atoms with E-state index in [1.165, 1.54) is 21.8 Å². The minimum Gasteiger partial charge on any atom is -0.366 e. The highest BCUT2D eigenvalue weighted by Crippen LogP contribution is 2.35. The highest BCUT2D eigenvalue weighted by atomic mass is 32.2. The molecular formula is C22H22N2O2S2. The average molecular weight is 411 g/mol. The van der Waals surface area contributed by atoms with E-state index in [2.05, 4.69) is 36.5 Å². The molecule has 0 atom stereocenters. The quantitative estimate of drug-likeness (QED) is 0.389. The normalized spacial score (nSPS) is 10.6. The van der Waals surface area contributed by atoms with Crippen LogP contribution in [0.1, 0.15) is 28.8 Å². The standard InChI is InChI=1S/C22H22N2O2S2/c1-15-9-11-17(12-10-15)27-13-5-8-20(25)24-22-18(21(23)26)14-19(28-22)16-6-3-2-4-7-16/h2-4,6-7,9-12,14H,5,8,13H2,1H3,(H2,23,26)(H,24,25). The Balaban J connectivity index is 1.56. The fourth-order valence-electron chi connectivity index (χ4n) is 2.66. The molecular weight excluding hydrogens is 388 g/mol. The molecule has 0 aliphatic rings. The minimum absolute atomic E-state index is 0.103. The van der Waals surface area contributed by atoms with Crippen molar-refractivity contribution in [3.63, 3.8) is 0 Å². The van der Waals surface area contributed by atoms with Crippen LogP contribution in [-0.4, -0.2) is 17.6 Å². The Hall–Kier alpha value is -2.57. The van der Waals surface area contributed by atoms with Crippen molar-refractivity contribution in [2.24, 2.45) is 5.73 Å². The maximum atomic E-state index is 12.3. The molecule has 0 radical (unpaired) electrons. The number of aryl methyl sites for hydroxylation is 1. The third-order valence-electron chi connectivity index (χ3n) is 4.15. The van der Waals surface area contributed by atoms with Gasteiger partial charge < -0.3 is 11.1 Å². The monoisotopic (exact) mass is 410 g/mol. The zero-order valence-electron chi connectivity index (χ0n) is 15.6. The second-order valence-electron chi connectivity index (χ2n) is 6.40. The lowest BCUT2D eigenvalue weighted by molar-refractivity contribution is -0.116. The molecule has 4 nitrogen and oxygen atoms in total. The molecule has 6 heteroatoms. The largest absolute Gasteiger partial charge is 0.366 e. The van der Waals surface area contributed by atoms with Gasteiger partial charge in [-0.05, 0) is 42.9 Å². The number of thioether (sulfide) groups is 1. The highest BCUT2D eigenvalue weighted by Gasteiger charge is 2.16. The molecule has 3 N–H and O–H groups in total. The Bertz CT molecular complexity index is 950. The van der Waals surface area contributed by atoms with Gasteiger partial charge in [-0.1, -0.05) is 48.0 Å². The number of amides is 2. The summed E-state index contributed by atoms with van der Waals surface area (Å²) in [6.07, 6.45) is 1.16. The molecule has 0 fully saturated rings. The number of rotatable bonds is 8. The number of benzene rings is 2. The van der Waals surface area contributed by atoms with Gasteiger partial charge in [-0.25, -0.2) is 0 Å². The number of carbonyl (C=O) groups is 2. The first kappa shape index (κ1) is 20.2. The smallest absolute Gasteiger partial charge is 0.251 e. The van der Waals surface area contributed by atoms with E-state index in [0.29, 0.717) is 17.0 Å². The molecule has 28 heavy (non-hydrogen) atoms. The first-order valence-corrected chi connectivity index (χ1v) is 10.8. The summed E-state index contributed by atoms with van der Waals surface area (Å²) in [7, 11) is 0. The average Bonchev–Trinajstić information content (AvgIpc) is 3.11. The summed E-state index contributed by atoms with van der Waals surface area (Å²) in [5, 5.41) is 3.37. The Morgan fingerprint density at radius 3 is 2.46 bits per heavy atom. The Kier molecular flexibility index (Phi) is 6.90. The van der Waals surface area contributed by atoms with E-state index in [4.69, 9.17) is 5.73 Å². The molecule has 3 rings (SSSR count). The van der Waals surface area contributed by atoms with Gasteiger partial charge in [0.05, 0.1) is 5.56 Å². The van der Waals surface area contributed by atoms with E-state index >= 15 is 0 Å². The fraction of sp³-hybridized carbons (Fsp3) is 0.182. The summed E-state index contributed by atoms with van der Waals surface area (Å²) in [6, 6.07) is 19.8. The number of carbonyl (C=O) groups excluding carboxylic acids is 2. The van der Waals surface area contributed by atoms with Gasteiger partial charge in [0.25, 0.3) is 5.91 Å². The van der Waals surface area contributed by atoms with Crippen LogP contribution in [0.3, 0.4) is 0 Å². The van der Waals surface area contributed by atoms with Crippen molar-refractivity contribution in [2.75, 3.05) is 11.1 Å². The molecule has 2 aromatic carbocycles. The van der Waals surface area contributed by atoms with E-state index in [1.54, 1.807) is 17.8 Å². The number of hydrogen-bond acceptors (Lipinski definition) is 4. The van der Waals surface area contributed by atoms with Gasteiger partial charge in [-0.2, -0.15) is 0 Å². The van der Waals surface area contributed by atoms with Crippen molar-refractivity contribution < 1.29 is 9.59 Å². The van der Waals surface area contributed by atoms with Crippen molar-refractivity contribution in [3.05, 3.63) is 71.8 Å². The van der Waals surface area contributed by atoms with Crippen LogP contribution in [0.15, 0.2) is 65.6 Å². The van der Waals surface area contributed by atoms with Gasteiger partial charge in [0.1, 0.15) is 5.00 Å². The van der Waals surface area contributed by atoms with Crippen molar-refractivity contribution in [1.82, 2.24) is 0 Å². The first-order chi connectivity index (χ1) is 13.5. The molecule has 3 aromatic rings. The number of nitrogens with one attached hydrogen (secondary N) is 1. The zero-order chi connectivity index (χ0) is 19.9. The Labute approximate surface area is 173 Å². The van der Waals surface area contributed by atoms with E-state index in [1.807, 2.05) is 30.3 Å². The second kappa shape index (κ2) is 9.57. The van der Waals surface area contributed by atoms with Crippen LogP contribution in [0, 0.1) is 6.92 Å². The van der Waals surface area contributed by atoms with Crippen molar-refractivity contribution >= 4 is 39.9 Å². The number of hydrogen-bond donors (Lipinski definition) is 2. The minimum atomic E-state index is -0.538. The molecule has 0 saturated carbocycles. The predicted octanol–water partition coefficient (Wildman–Crippen LogP) is 5.33. The predicted molar refractivity (Wildman–Crippen MR) is 118 cm³/mol. The topological polar surface area (TPSA) is 72.2 Å². The third-order valence-corrected chi connectivity index (χ3v) is 6.34. The van der Waals surface area contributed by atoms with Crippen LogP contribution in [0.2, 0.25) is 0 Å². The molecule has 0 spiro atoms. The summed E-state index contributed by atoms with van der Waals surface area (Å²) in [5.74, 6) is 0.218. The summed E-state index contributed by atoms with van der Waals surface area (Å²) in [5.41, 5.74) is 8.07. The van der Waals surface area contributed by atoms with Crippen molar-refractivity contribution in [3.8, 4) is 10.4 Å². The third kappa shape index (κ3) is 5.47. The summed E-state index contributed by atoms with van der Waals surface area (Å²) in [6.45, 7) is 2.06. The molecule has 1 aromatic heterocycles. The molecule has 0 saturated heterocycles. The van der Waals surface area contributed by atoms with Crippen LogP contribution < -0.4 is 11.1 Å². The van der Waals surface area contributed by atoms with Crippen LogP contribution in [0.5, 0.6) is 0 Å². The summed E-state index contributed by atoms with van der Waals surface area (Å²) < 4.78 is 0.